The third-order valence-electron chi connectivity index (χ3n) is 3.10. The Morgan fingerprint density at radius 1 is 1.24 bits per heavy atom. The second kappa shape index (κ2) is 4.85. The van der Waals surface area contributed by atoms with Crippen LogP contribution in [0.4, 0.5) is 5.69 Å². The van der Waals surface area contributed by atoms with E-state index in [-0.39, 0.29) is 5.91 Å². The maximum Gasteiger partial charge on any atom is 0.241 e. The van der Waals surface area contributed by atoms with Crippen molar-refractivity contribution in [1.82, 2.24) is 4.90 Å². The zero-order chi connectivity index (χ0) is 12.4. The van der Waals surface area contributed by atoms with Gasteiger partial charge >= 0.3 is 0 Å². The van der Waals surface area contributed by atoms with E-state index in [9.17, 15) is 9.90 Å². The van der Waals surface area contributed by atoms with Crippen LogP contribution in [0.15, 0.2) is 24.3 Å². The lowest BCUT2D eigenvalue weighted by atomic mass is 10.1. The third-order valence-corrected chi connectivity index (χ3v) is 3.10. The van der Waals surface area contributed by atoms with Crippen LogP contribution in [0.5, 0.6) is 0 Å². The molecule has 0 aromatic heterocycles. The first-order valence-corrected chi connectivity index (χ1v) is 5.85. The Kier molecular flexibility index (Phi) is 3.45. The Balaban J connectivity index is 2.14. The average Bonchev–Trinajstić information content (AvgIpc) is 2.29. The lowest BCUT2D eigenvalue weighted by Gasteiger charge is -2.32. The Bertz CT molecular complexity index is 400. The van der Waals surface area contributed by atoms with E-state index in [1.54, 1.807) is 11.8 Å². The van der Waals surface area contributed by atoms with Gasteiger partial charge in [-0.3, -0.25) is 9.69 Å². The first kappa shape index (κ1) is 12.1. The van der Waals surface area contributed by atoms with Crippen molar-refractivity contribution in [1.29, 1.82) is 0 Å². The number of piperazine rings is 1. The summed E-state index contributed by atoms with van der Waals surface area (Å²) in [5, 5.41) is 9.42. The van der Waals surface area contributed by atoms with Crippen LogP contribution in [0.3, 0.4) is 0 Å². The van der Waals surface area contributed by atoms with Gasteiger partial charge in [0.2, 0.25) is 5.91 Å². The van der Waals surface area contributed by atoms with E-state index in [1.165, 1.54) is 0 Å². The molecule has 1 N–H and O–H groups in total. The molecule has 1 aliphatic heterocycles. The van der Waals surface area contributed by atoms with Crippen molar-refractivity contribution < 1.29 is 9.90 Å². The van der Waals surface area contributed by atoms with Crippen molar-refractivity contribution in [2.24, 2.45) is 0 Å². The maximum absolute atomic E-state index is 11.9. The van der Waals surface area contributed by atoms with Crippen LogP contribution in [-0.2, 0) is 4.79 Å². The smallest absolute Gasteiger partial charge is 0.241 e. The summed E-state index contributed by atoms with van der Waals surface area (Å²) >= 11 is 0. The molecule has 17 heavy (non-hydrogen) atoms. The van der Waals surface area contributed by atoms with Crippen LogP contribution in [-0.4, -0.2) is 42.6 Å². The van der Waals surface area contributed by atoms with E-state index in [4.69, 9.17) is 0 Å². The van der Waals surface area contributed by atoms with E-state index < -0.39 is 6.10 Å². The number of aliphatic hydroxyl groups excluding tert-OH is 1. The largest absolute Gasteiger partial charge is 0.389 e. The molecule has 1 aromatic carbocycles. The van der Waals surface area contributed by atoms with E-state index in [0.717, 1.165) is 24.3 Å². The first-order chi connectivity index (χ1) is 8.08. The van der Waals surface area contributed by atoms with E-state index in [2.05, 4.69) is 0 Å². The third kappa shape index (κ3) is 2.65. The fourth-order valence-electron chi connectivity index (χ4n) is 2.00. The number of likely N-dealkylation sites (N-methyl/N-ethyl adjacent to an activating group) is 1. The summed E-state index contributed by atoms with van der Waals surface area (Å²) in [5.74, 6) is 0.128. The topological polar surface area (TPSA) is 43.8 Å². The molecule has 0 aliphatic carbocycles. The molecule has 0 radical (unpaired) electrons. The number of carbonyl (C=O) groups excluding carboxylic acids is 1. The van der Waals surface area contributed by atoms with E-state index >= 15 is 0 Å². The molecule has 4 nitrogen and oxygen atoms in total. The number of anilines is 1. The highest BCUT2D eigenvalue weighted by atomic mass is 16.3. The molecule has 1 unspecified atom stereocenters. The molecule has 1 heterocycles. The van der Waals surface area contributed by atoms with Gasteiger partial charge in [0, 0.05) is 18.8 Å². The lowest BCUT2D eigenvalue weighted by molar-refractivity contribution is -0.120. The fourth-order valence-corrected chi connectivity index (χ4v) is 2.00. The van der Waals surface area contributed by atoms with Gasteiger partial charge in [0.15, 0.2) is 0 Å². The van der Waals surface area contributed by atoms with Gasteiger partial charge in [-0.25, -0.2) is 0 Å². The van der Waals surface area contributed by atoms with Gasteiger partial charge in [-0.15, -0.1) is 0 Å². The standard InChI is InChI=1S/C13H18N2O2/c1-10(16)11-3-5-12(6-4-11)15-8-7-14(2)9-13(15)17/h3-6,10,16H,7-9H2,1-2H3. The average molecular weight is 234 g/mol. The highest BCUT2D eigenvalue weighted by Gasteiger charge is 2.22. The Hall–Kier alpha value is -1.39. The summed E-state index contributed by atoms with van der Waals surface area (Å²) in [6, 6.07) is 7.52. The van der Waals surface area contributed by atoms with Crippen molar-refractivity contribution in [3.05, 3.63) is 29.8 Å². The molecule has 1 fully saturated rings. The van der Waals surface area contributed by atoms with Crippen molar-refractivity contribution in [3.63, 3.8) is 0 Å². The summed E-state index contributed by atoms with van der Waals surface area (Å²) in [7, 11) is 1.95. The molecular weight excluding hydrogens is 216 g/mol. The normalized spacial score (nSPS) is 19.5. The van der Waals surface area contributed by atoms with Crippen molar-refractivity contribution in [3.8, 4) is 0 Å². The van der Waals surface area contributed by atoms with E-state index in [0.29, 0.717) is 6.54 Å². The van der Waals surface area contributed by atoms with Gasteiger partial charge in [-0.05, 0) is 31.7 Å². The zero-order valence-corrected chi connectivity index (χ0v) is 10.3. The van der Waals surface area contributed by atoms with Gasteiger partial charge in [0.1, 0.15) is 0 Å². The van der Waals surface area contributed by atoms with Gasteiger partial charge in [0.05, 0.1) is 12.6 Å². The number of benzene rings is 1. The predicted octanol–water partition coefficient (Wildman–Crippen LogP) is 1.02. The minimum absolute atomic E-state index is 0.128. The number of carbonyl (C=O) groups is 1. The minimum atomic E-state index is -0.466. The maximum atomic E-state index is 11.9. The van der Waals surface area contributed by atoms with Crippen LogP contribution in [0.2, 0.25) is 0 Å². The molecule has 2 rings (SSSR count). The summed E-state index contributed by atoms with van der Waals surface area (Å²) in [5.41, 5.74) is 1.78. The zero-order valence-electron chi connectivity index (χ0n) is 10.3. The van der Waals surface area contributed by atoms with Crippen molar-refractivity contribution in [2.45, 2.75) is 13.0 Å². The minimum Gasteiger partial charge on any atom is -0.389 e. The SMILES string of the molecule is CC(O)c1ccc(N2CCN(C)CC2=O)cc1. The fraction of sp³-hybridized carbons (Fsp3) is 0.462. The van der Waals surface area contributed by atoms with Gasteiger partial charge in [-0.1, -0.05) is 12.1 Å². The van der Waals surface area contributed by atoms with Gasteiger partial charge in [0.25, 0.3) is 0 Å². The van der Waals surface area contributed by atoms with Crippen LogP contribution < -0.4 is 4.90 Å². The number of nitrogens with zero attached hydrogens (tertiary/aromatic N) is 2. The molecule has 1 atom stereocenters. The highest BCUT2D eigenvalue weighted by Crippen LogP contribution is 2.20. The lowest BCUT2D eigenvalue weighted by Crippen LogP contribution is -2.48. The predicted molar refractivity (Wildman–Crippen MR) is 66.9 cm³/mol. The number of hydrogen-bond donors (Lipinski definition) is 1. The molecule has 1 aromatic rings. The molecule has 0 bridgehead atoms. The van der Waals surface area contributed by atoms with Crippen LogP contribution in [0, 0.1) is 0 Å². The summed E-state index contributed by atoms with van der Waals surface area (Å²) < 4.78 is 0. The van der Waals surface area contributed by atoms with Crippen LogP contribution in [0.1, 0.15) is 18.6 Å². The number of amides is 1. The summed E-state index contributed by atoms with van der Waals surface area (Å²) in [4.78, 5) is 15.7. The van der Waals surface area contributed by atoms with Gasteiger partial charge in [-0.2, -0.15) is 0 Å². The van der Waals surface area contributed by atoms with Crippen LogP contribution in [0.25, 0.3) is 0 Å². The number of rotatable bonds is 2. The molecule has 1 aliphatic rings. The number of aliphatic hydroxyl groups is 1. The molecule has 0 spiro atoms. The monoisotopic (exact) mass is 234 g/mol. The Morgan fingerprint density at radius 3 is 2.41 bits per heavy atom. The molecule has 4 heteroatoms. The molecule has 92 valence electrons. The van der Waals surface area contributed by atoms with Gasteiger partial charge < -0.3 is 10.0 Å². The van der Waals surface area contributed by atoms with Crippen LogP contribution >= 0.6 is 0 Å². The van der Waals surface area contributed by atoms with Crippen molar-refractivity contribution in [2.75, 3.05) is 31.6 Å². The second-order valence-electron chi connectivity index (χ2n) is 4.55. The summed E-state index contributed by atoms with van der Waals surface area (Å²) in [6.45, 7) is 3.82. The second-order valence-corrected chi connectivity index (χ2v) is 4.55. The Morgan fingerprint density at radius 2 is 1.88 bits per heavy atom. The van der Waals surface area contributed by atoms with Crippen molar-refractivity contribution >= 4 is 11.6 Å². The molecule has 1 saturated heterocycles. The number of hydrogen-bond acceptors (Lipinski definition) is 3. The molecule has 0 saturated carbocycles. The molecule has 1 amide bonds. The quantitative estimate of drug-likeness (QED) is 0.831. The van der Waals surface area contributed by atoms with E-state index in [1.807, 2.05) is 36.2 Å². The summed E-state index contributed by atoms with van der Waals surface area (Å²) in [6.07, 6.45) is -0.466. The Labute approximate surface area is 101 Å². The molecular formula is C13H18N2O2. The first-order valence-electron chi connectivity index (χ1n) is 5.85. The highest BCUT2D eigenvalue weighted by molar-refractivity contribution is 5.95.